The van der Waals surface area contributed by atoms with Crippen LogP contribution in [-0.4, -0.2) is 0 Å². The lowest BCUT2D eigenvalue weighted by Crippen LogP contribution is -1.94. The Balaban J connectivity index is 2.00. The van der Waals surface area contributed by atoms with Crippen molar-refractivity contribution in [2.75, 3.05) is 0 Å². The summed E-state index contributed by atoms with van der Waals surface area (Å²) in [5, 5.41) is 0. The molecular weight excluding hydrogens is 479 g/mol. The summed E-state index contributed by atoms with van der Waals surface area (Å²) in [6.45, 7) is 4.15. The van der Waals surface area contributed by atoms with Gasteiger partial charge < -0.3 is 0 Å². The van der Waals surface area contributed by atoms with Crippen LogP contribution in [0.25, 0.3) is 8.96 Å². The predicted octanol–water partition coefficient (Wildman–Crippen LogP) is 8.40. The highest BCUT2D eigenvalue weighted by Gasteiger charge is 2.10. The van der Waals surface area contributed by atoms with Crippen molar-refractivity contribution in [3.8, 4) is 0 Å². The molecule has 0 bridgehead atoms. The summed E-state index contributed by atoms with van der Waals surface area (Å²) >= 11 is 7.44. The summed E-state index contributed by atoms with van der Waals surface area (Å²) in [7, 11) is 0. The summed E-state index contributed by atoms with van der Waals surface area (Å²) in [5.74, 6) is -0.252. The Bertz CT molecular complexity index is 921. The van der Waals surface area contributed by atoms with Crippen molar-refractivity contribution in [1.29, 1.82) is 0 Å². The van der Waals surface area contributed by atoms with Crippen LogP contribution < -0.4 is 0 Å². The van der Waals surface area contributed by atoms with Gasteiger partial charge in [-0.3, -0.25) is 0 Å². The third-order valence-electron chi connectivity index (χ3n) is 4.56. The molecule has 3 heteroatoms. The van der Waals surface area contributed by atoms with Crippen molar-refractivity contribution in [2.24, 2.45) is 0 Å². The highest BCUT2D eigenvalue weighted by atomic mass is 79.9. The molecule has 0 aliphatic heterocycles. The smallest absolute Gasteiger partial charge is 0.123 e. The van der Waals surface area contributed by atoms with Crippen LogP contribution in [0.5, 0.6) is 0 Å². The number of aryl methyl sites for hydroxylation is 2. The van der Waals surface area contributed by atoms with E-state index in [2.05, 4.69) is 106 Å². The molecule has 0 radical (unpaired) electrons. The minimum atomic E-state index is -0.231. The highest BCUT2D eigenvalue weighted by Crippen LogP contribution is 2.33. The molecule has 28 heavy (non-hydrogen) atoms. The van der Waals surface area contributed by atoms with Crippen molar-refractivity contribution < 1.29 is 4.39 Å². The van der Waals surface area contributed by atoms with Crippen LogP contribution >= 0.6 is 31.9 Å². The molecule has 1 unspecified atom stereocenters. The van der Waals surface area contributed by atoms with Gasteiger partial charge in [-0.2, -0.15) is 0 Å². The van der Waals surface area contributed by atoms with E-state index < -0.39 is 0 Å². The summed E-state index contributed by atoms with van der Waals surface area (Å²) in [4.78, 5) is 0. The van der Waals surface area contributed by atoms with Gasteiger partial charge >= 0.3 is 0 Å². The summed E-state index contributed by atoms with van der Waals surface area (Å²) < 4.78 is 15.4. The average Bonchev–Trinajstić information content (AvgIpc) is 2.69. The normalized spacial score (nSPS) is 13.5. The average molecular weight is 500 g/mol. The van der Waals surface area contributed by atoms with E-state index in [-0.39, 0.29) is 11.7 Å². The molecule has 0 spiro atoms. The van der Waals surface area contributed by atoms with Crippen LogP contribution in [0.15, 0.2) is 84.9 Å². The van der Waals surface area contributed by atoms with Gasteiger partial charge in [0.25, 0.3) is 0 Å². The molecule has 3 aromatic carbocycles. The predicted molar refractivity (Wildman–Crippen MR) is 125 cm³/mol. The first-order chi connectivity index (χ1) is 13.4. The van der Waals surface area contributed by atoms with E-state index in [1.807, 2.05) is 12.1 Å². The molecule has 0 fully saturated rings. The zero-order valence-electron chi connectivity index (χ0n) is 15.8. The molecule has 3 rings (SSSR count). The van der Waals surface area contributed by atoms with E-state index in [0.717, 1.165) is 25.7 Å². The Labute approximate surface area is 183 Å². The third kappa shape index (κ3) is 5.52. The van der Waals surface area contributed by atoms with Gasteiger partial charge in [0.2, 0.25) is 0 Å². The second-order valence-corrected chi connectivity index (χ2v) is 8.55. The van der Waals surface area contributed by atoms with Crippen molar-refractivity contribution in [3.63, 3.8) is 0 Å². The standard InChI is InChI=1S/C25H21Br2F/c1-17-3-7-20(8-4-17)24(26)15-22(19-11-13-23(28)14-12-19)16-25(27)21-9-5-18(2)6-10-21/h3-16,22H,1-2H3/b24-15-,25-16+. The minimum absolute atomic E-state index is 0.0213. The van der Waals surface area contributed by atoms with Gasteiger partial charge in [-0.25, -0.2) is 4.39 Å². The Morgan fingerprint density at radius 3 is 1.46 bits per heavy atom. The first kappa shape index (κ1) is 20.8. The van der Waals surface area contributed by atoms with Crippen molar-refractivity contribution in [2.45, 2.75) is 19.8 Å². The number of hydrogen-bond donors (Lipinski definition) is 0. The van der Waals surface area contributed by atoms with Gasteiger partial charge in [0.15, 0.2) is 0 Å². The maximum absolute atomic E-state index is 13.4. The van der Waals surface area contributed by atoms with Crippen LogP contribution in [0.2, 0.25) is 0 Å². The quantitative estimate of drug-likeness (QED) is 0.330. The van der Waals surface area contributed by atoms with Crippen molar-refractivity contribution >= 4 is 40.8 Å². The zero-order chi connectivity index (χ0) is 20.1. The molecular formula is C25H21Br2F. The monoisotopic (exact) mass is 498 g/mol. The lowest BCUT2D eigenvalue weighted by Gasteiger charge is -2.13. The lowest BCUT2D eigenvalue weighted by atomic mass is 9.96. The fraction of sp³-hybridized carbons (Fsp3) is 0.120. The Kier molecular flexibility index (Phi) is 7.03. The van der Waals surface area contributed by atoms with Crippen molar-refractivity contribution in [3.05, 3.63) is 119 Å². The SMILES string of the molecule is Cc1ccc(/C(Br)=C/C(/C=C(/Br)c2ccc(C)cc2)c2ccc(F)cc2)cc1. The van der Waals surface area contributed by atoms with E-state index in [9.17, 15) is 4.39 Å². The van der Waals surface area contributed by atoms with Gasteiger partial charge in [0.1, 0.15) is 5.82 Å². The van der Waals surface area contributed by atoms with Crippen LogP contribution in [0.3, 0.4) is 0 Å². The van der Waals surface area contributed by atoms with Gasteiger partial charge in [-0.05, 0) is 42.7 Å². The summed E-state index contributed by atoms with van der Waals surface area (Å²) in [6.07, 6.45) is 4.29. The topological polar surface area (TPSA) is 0 Å². The highest BCUT2D eigenvalue weighted by molar-refractivity contribution is 9.15. The molecule has 0 saturated carbocycles. The van der Waals surface area contributed by atoms with Crippen molar-refractivity contribution in [1.82, 2.24) is 0 Å². The van der Waals surface area contributed by atoms with Crippen LogP contribution in [0.4, 0.5) is 4.39 Å². The molecule has 0 amide bonds. The maximum atomic E-state index is 13.4. The number of hydrogen-bond acceptors (Lipinski definition) is 0. The number of halogens is 3. The van der Waals surface area contributed by atoms with Crippen LogP contribution in [0, 0.1) is 19.7 Å². The molecule has 0 saturated heterocycles. The van der Waals surface area contributed by atoms with E-state index in [0.29, 0.717) is 0 Å². The van der Waals surface area contributed by atoms with Gasteiger partial charge in [-0.1, -0.05) is 116 Å². The van der Waals surface area contributed by atoms with E-state index in [1.54, 1.807) is 0 Å². The molecule has 0 aliphatic carbocycles. The van der Waals surface area contributed by atoms with Gasteiger partial charge in [-0.15, -0.1) is 0 Å². The molecule has 3 aromatic rings. The molecule has 0 aliphatic rings. The molecule has 142 valence electrons. The second-order valence-electron chi connectivity index (χ2n) is 6.84. The third-order valence-corrected chi connectivity index (χ3v) is 6.01. The molecule has 1 atom stereocenters. The molecule has 0 nitrogen and oxygen atoms in total. The van der Waals surface area contributed by atoms with Crippen LogP contribution in [-0.2, 0) is 0 Å². The lowest BCUT2D eigenvalue weighted by molar-refractivity contribution is 0.627. The fourth-order valence-corrected chi connectivity index (χ4v) is 3.96. The molecule has 0 heterocycles. The Morgan fingerprint density at radius 1 is 0.679 bits per heavy atom. The molecule has 0 N–H and O–H groups in total. The van der Waals surface area contributed by atoms with E-state index in [4.69, 9.17) is 0 Å². The number of rotatable bonds is 5. The maximum Gasteiger partial charge on any atom is 0.123 e. The summed E-state index contributed by atoms with van der Waals surface area (Å²) in [6, 6.07) is 23.4. The minimum Gasteiger partial charge on any atom is -0.207 e. The number of allylic oxidation sites excluding steroid dienone is 2. The largest absolute Gasteiger partial charge is 0.207 e. The molecule has 0 aromatic heterocycles. The summed E-state index contributed by atoms with van der Waals surface area (Å²) in [5.41, 5.74) is 5.69. The van der Waals surface area contributed by atoms with Crippen LogP contribution in [0.1, 0.15) is 33.7 Å². The Hall–Kier alpha value is -1.97. The zero-order valence-corrected chi connectivity index (χ0v) is 19.0. The van der Waals surface area contributed by atoms with Gasteiger partial charge in [0.05, 0.1) is 0 Å². The fourth-order valence-electron chi connectivity index (χ4n) is 2.86. The van der Waals surface area contributed by atoms with E-state index >= 15 is 0 Å². The second kappa shape index (κ2) is 9.49. The number of benzene rings is 3. The Morgan fingerprint density at radius 2 is 1.07 bits per heavy atom. The first-order valence-electron chi connectivity index (χ1n) is 9.06. The first-order valence-corrected chi connectivity index (χ1v) is 10.6. The van der Waals surface area contributed by atoms with E-state index in [1.165, 1.54) is 23.3 Å². The van der Waals surface area contributed by atoms with Gasteiger partial charge in [0, 0.05) is 14.9 Å².